The van der Waals surface area contributed by atoms with Gasteiger partial charge in [0.15, 0.2) is 0 Å². The molecule has 5 rings (SSSR count). The Morgan fingerprint density at radius 2 is 1.80 bits per heavy atom. The lowest BCUT2D eigenvalue weighted by Crippen LogP contribution is -2.46. The van der Waals surface area contributed by atoms with Crippen LogP contribution < -0.4 is 5.73 Å². The molecule has 4 aliphatic rings. The average molecular weight is 273 g/mol. The summed E-state index contributed by atoms with van der Waals surface area (Å²) in [6.45, 7) is 4.34. The number of nitrogens with two attached hydrogens (primary N) is 1. The van der Waals surface area contributed by atoms with Gasteiger partial charge in [0.05, 0.1) is 11.7 Å². The van der Waals surface area contributed by atoms with Crippen molar-refractivity contribution in [1.29, 1.82) is 0 Å². The number of anilines is 1. The van der Waals surface area contributed by atoms with Gasteiger partial charge >= 0.3 is 0 Å². The van der Waals surface area contributed by atoms with Crippen LogP contribution in [0, 0.1) is 30.1 Å². The first kappa shape index (κ1) is 12.7. The Labute approximate surface area is 121 Å². The number of nitrogens with zero attached hydrogens (tertiary/aromatic N) is 2. The minimum absolute atomic E-state index is 0.444. The van der Waals surface area contributed by atoms with Gasteiger partial charge in [-0.3, -0.25) is 0 Å². The van der Waals surface area contributed by atoms with Gasteiger partial charge in [-0.25, -0.2) is 4.68 Å². The summed E-state index contributed by atoms with van der Waals surface area (Å²) >= 11 is 0. The van der Waals surface area contributed by atoms with Crippen molar-refractivity contribution >= 4 is 5.82 Å². The third kappa shape index (κ3) is 1.97. The van der Waals surface area contributed by atoms with Crippen molar-refractivity contribution < 1.29 is 0 Å². The first-order valence-corrected chi connectivity index (χ1v) is 8.35. The van der Waals surface area contributed by atoms with Crippen LogP contribution in [0.3, 0.4) is 0 Å². The van der Waals surface area contributed by atoms with E-state index < -0.39 is 0 Å². The Morgan fingerprint density at radius 1 is 1.25 bits per heavy atom. The average Bonchev–Trinajstić information content (AvgIpc) is 2.66. The fourth-order valence-electron chi connectivity index (χ4n) is 6.14. The summed E-state index contributed by atoms with van der Waals surface area (Å²) in [6, 6.07) is 2.44. The van der Waals surface area contributed by atoms with Crippen LogP contribution in [0.15, 0.2) is 6.07 Å². The van der Waals surface area contributed by atoms with Gasteiger partial charge in [0.25, 0.3) is 0 Å². The molecule has 4 fully saturated rings. The second-order valence-corrected chi connectivity index (χ2v) is 8.13. The molecule has 1 aromatic rings. The highest BCUT2D eigenvalue weighted by molar-refractivity contribution is 5.30. The molecular formula is C17H27N3. The molecule has 0 amide bonds. The Hall–Kier alpha value is -0.990. The minimum atomic E-state index is 0.444. The highest BCUT2D eigenvalue weighted by Gasteiger charge is 2.51. The Kier molecular flexibility index (Phi) is 2.71. The first-order valence-electron chi connectivity index (χ1n) is 8.35. The van der Waals surface area contributed by atoms with Crippen LogP contribution in [-0.2, 0) is 0 Å². The third-order valence-corrected chi connectivity index (χ3v) is 6.20. The fourth-order valence-corrected chi connectivity index (χ4v) is 6.14. The molecule has 2 N–H and O–H groups in total. The monoisotopic (exact) mass is 273 g/mol. The number of nitrogen functional groups attached to an aromatic ring is 1. The van der Waals surface area contributed by atoms with E-state index in [-0.39, 0.29) is 0 Å². The third-order valence-electron chi connectivity index (χ3n) is 6.20. The van der Waals surface area contributed by atoms with E-state index >= 15 is 0 Å². The van der Waals surface area contributed by atoms with Crippen LogP contribution in [0.5, 0.6) is 0 Å². The normalized spacial score (nSPS) is 40.2. The van der Waals surface area contributed by atoms with Crippen molar-refractivity contribution in [2.45, 2.75) is 64.8 Å². The van der Waals surface area contributed by atoms with E-state index in [2.05, 4.69) is 16.7 Å². The zero-order valence-electron chi connectivity index (χ0n) is 12.8. The topological polar surface area (TPSA) is 43.8 Å². The molecule has 1 heterocycles. The molecule has 4 aliphatic carbocycles. The highest BCUT2D eigenvalue weighted by atomic mass is 15.3. The quantitative estimate of drug-likeness (QED) is 0.906. The van der Waals surface area contributed by atoms with E-state index in [0.29, 0.717) is 11.5 Å². The van der Waals surface area contributed by atoms with Gasteiger partial charge in [0.1, 0.15) is 5.82 Å². The number of rotatable bonds is 3. The van der Waals surface area contributed by atoms with E-state index in [4.69, 9.17) is 5.73 Å². The van der Waals surface area contributed by atoms with Crippen LogP contribution in [0.2, 0.25) is 0 Å². The van der Waals surface area contributed by atoms with Crippen molar-refractivity contribution in [3.05, 3.63) is 11.8 Å². The molecule has 3 heteroatoms. The molecule has 1 aromatic heterocycles. The van der Waals surface area contributed by atoms with E-state index in [1.165, 1.54) is 44.9 Å². The molecule has 20 heavy (non-hydrogen) atoms. The van der Waals surface area contributed by atoms with E-state index in [0.717, 1.165) is 29.3 Å². The van der Waals surface area contributed by atoms with Gasteiger partial charge in [-0.15, -0.1) is 0 Å². The Morgan fingerprint density at radius 3 is 2.25 bits per heavy atom. The SMILES string of the molecule is Cc1cc(N)n(C(C)CC23CC4CC(CC(C4)C2)C3)n1. The van der Waals surface area contributed by atoms with Crippen molar-refractivity contribution in [1.82, 2.24) is 9.78 Å². The molecule has 1 unspecified atom stereocenters. The summed E-state index contributed by atoms with van der Waals surface area (Å²) in [4.78, 5) is 0. The predicted octanol–water partition coefficient (Wildman–Crippen LogP) is 3.94. The number of hydrogen-bond acceptors (Lipinski definition) is 2. The van der Waals surface area contributed by atoms with Crippen LogP contribution in [0.25, 0.3) is 0 Å². The van der Waals surface area contributed by atoms with Crippen LogP contribution in [-0.4, -0.2) is 9.78 Å². The lowest BCUT2D eigenvalue weighted by molar-refractivity contribution is -0.0637. The summed E-state index contributed by atoms with van der Waals surface area (Å²) in [7, 11) is 0. The number of aromatic nitrogens is 2. The Bertz CT molecular complexity index is 481. The molecule has 0 aliphatic heterocycles. The molecule has 4 bridgehead atoms. The standard InChI is InChI=1S/C17H27N3/c1-11-3-16(18)20(19-11)12(2)7-17-8-13-4-14(9-17)6-15(5-13)10-17/h3,12-15H,4-10,18H2,1-2H3. The molecule has 0 saturated heterocycles. The largest absolute Gasteiger partial charge is 0.384 e. The number of hydrogen-bond donors (Lipinski definition) is 1. The summed E-state index contributed by atoms with van der Waals surface area (Å²) in [6.07, 6.45) is 10.3. The summed E-state index contributed by atoms with van der Waals surface area (Å²) < 4.78 is 2.06. The molecule has 0 radical (unpaired) electrons. The summed E-state index contributed by atoms with van der Waals surface area (Å²) in [5, 5.41) is 4.60. The summed E-state index contributed by atoms with van der Waals surface area (Å²) in [5.41, 5.74) is 7.76. The molecule has 3 nitrogen and oxygen atoms in total. The lowest BCUT2D eigenvalue weighted by atomic mass is 9.48. The Balaban J connectivity index is 1.55. The molecule has 110 valence electrons. The van der Waals surface area contributed by atoms with Crippen molar-refractivity contribution in [3.8, 4) is 0 Å². The molecule has 0 aromatic carbocycles. The maximum Gasteiger partial charge on any atom is 0.122 e. The van der Waals surface area contributed by atoms with Gasteiger partial charge in [-0.05, 0) is 82.0 Å². The van der Waals surface area contributed by atoms with Crippen LogP contribution >= 0.6 is 0 Å². The van der Waals surface area contributed by atoms with Crippen LogP contribution in [0.4, 0.5) is 5.82 Å². The molecular weight excluding hydrogens is 246 g/mol. The zero-order valence-corrected chi connectivity index (χ0v) is 12.8. The highest BCUT2D eigenvalue weighted by Crippen LogP contribution is 2.62. The first-order chi connectivity index (χ1) is 9.53. The van der Waals surface area contributed by atoms with E-state index in [1.54, 1.807) is 0 Å². The second kappa shape index (κ2) is 4.25. The molecule has 4 saturated carbocycles. The number of aryl methyl sites for hydroxylation is 1. The van der Waals surface area contributed by atoms with E-state index in [1.807, 2.05) is 13.0 Å². The maximum atomic E-state index is 6.11. The van der Waals surface area contributed by atoms with Crippen molar-refractivity contribution in [2.75, 3.05) is 5.73 Å². The van der Waals surface area contributed by atoms with E-state index in [9.17, 15) is 0 Å². The summed E-state index contributed by atoms with van der Waals surface area (Å²) in [5.74, 6) is 3.93. The van der Waals surface area contributed by atoms with Gasteiger partial charge in [0.2, 0.25) is 0 Å². The minimum Gasteiger partial charge on any atom is -0.384 e. The molecule has 1 atom stereocenters. The fraction of sp³-hybridized carbons (Fsp3) is 0.824. The van der Waals surface area contributed by atoms with Gasteiger partial charge in [0, 0.05) is 6.07 Å². The van der Waals surface area contributed by atoms with Crippen molar-refractivity contribution in [2.24, 2.45) is 23.2 Å². The second-order valence-electron chi connectivity index (χ2n) is 8.13. The molecule has 0 spiro atoms. The van der Waals surface area contributed by atoms with Gasteiger partial charge < -0.3 is 5.73 Å². The van der Waals surface area contributed by atoms with Crippen molar-refractivity contribution in [3.63, 3.8) is 0 Å². The van der Waals surface area contributed by atoms with Gasteiger partial charge in [-0.2, -0.15) is 5.10 Å². The lowest BCUT2D eigenvalue weighted by Gasteiger charge is -2.57. The van der Waals surface area contributed by atoms with Gasteiger partial charge in [-0.1, -0.05) is 0 Å². The zero-order chi connectivity index (χ0) is 13.9. The van der Waals surface area contributed by atoms with Crippen LogP contribution in [0.1, 0.15) is 63.6 Å². The maximum absolute atomic E-state index is 6.11. The predicted molar refractivity (Wildman–Crippen MR) is 81.3 cm³/mol. The smallest absolute Gasteiger partial charge is 0.122 e.